The SMILES string of the molecule is CCOC(=O)C(Cc1ccccc1)NC(=O)C(Cc1ccccc1)NC(C)=O. The van der Waals surface area contributed by atoms with Crippen molar-refractivity contribution in [1.29, 1.82) is 0 Å². The van der Waals surface area contributed by atoms with E-state index in [1.807, 2.05) is 60.7 Å². The van der Waals surface area contributed by atoms with E-state index in [0.29, 0.717) is 12.8 Å². The standard InChI is InChI=1S/C22H26N2O4/c1-3-28-22(27)20(15-18-12-8-5-9-13-18)24-21(26)19(23-16(2)25)14-17-10-6-4-7-11-17/h4-13,19-20H,3,14-15H2,1-2H3,(H,23,25)(H,24,26). The van der Waals surface area contributed by atoms with Gasteiger partial charge in [-0.3, -0.25) is 9.59 Å². The summed E-state index contributed by atoms with van der Waals surface area (Å²) in [6, 6.07) is 17.2. The van der Waals surface area contributed by atoms with Crippen molar-refractivity contribution in [3.63, 3.8) is 0 Å². The molecule has 28 heavy (non-hydrogen) atoms. The quantitative estimate of drug-likeness (QED) is 0.650. The Balaban J connectivity index is 2.14. The van der Waals surface area contributed by atoms with Crippen molar-refractivity contribution < 1.29 is 19.1 Å². The van der Waals surface area contributed by atoms with Crippen molar-refractivity contribution in [3.05, 3.63) is 71.8 Å². The third-order valence-electron chi connectivity index (χ3n) is 4.15. The summed E-state index contributed by atoms with van der Waals surface area (Å²) in [5.41, 5.74) is 1.81. The Morgan fingerprint density at radius 3 is 1.79 bits per heavy atom. The minimum Gasteiger partial charge on any atom is -0.464 e. The number of rotatable bonds is 9. The highest BCUT2D eigenvalue weighted by molar-refractivity contribution is 5.90. The molecule has 0 radical (unpaired) electrons. The predicted octanol–water partition coefficient (Wildman–Crippen LogP) is 2.02. The highest BCUT2D eigenvalue weighted by Gasteiger charge is 2.27. The first-order valence-electron chi connectivity index (χ1n) is 9.31. The van der Waals surface area contributed by atoms with Gasteiger partial charge in [-0.15, -0.1) is 0 Å². The lowest BCUT2D eigenvalue weighted by Crippen LogP contribution is -2.53. The average Bonchev–Trinajstić information content (AvgIpc) is 2.68. The van der Waals surface area contributed by atoms with Gasteiger partial charge in [0.25, 0.3) is 0 Å². The van der Waals surface area contributed by atoms with Crippen LogP contribution in [0.1, 0.15) is 25.0 Å². The summed E-state index contributed by atoms with van der Waals surface area (Å²) in [4.78, 5) is 36.8. The Morgan fingerprint density at radius 1 is 0.821 bits per heavy atom. The van der Waals surface area contributed by atoms with Gasteiger partial charge in [0.1, 0.15) is 12.1 Å². The Kier molecular flexibility index (Phi) is 8.21. The number of nitrogens with one attached hydrogen (secondary N) is 2. The first-order chi connectivity index (χ1) is 13.5. The largest absolute Gasteiger partial charge is 0.464 e. The van der Waals surface area contributed by atoms with Gasteiger partial charge >= 0.3 is 5.97 Å². The van der Waals surface area contributed by atoms with Crippen LogP contribution in [0.15, 0.2) is 60.7 Å². The Morgan fingerprint density at radius 2 is 1.32 bits per heavy atom. The number of ether oxygens (including phenoxy) is 1. The molecule has 2 unspecified atom stereocenters. The molecule has 2 rings (SSSR count). The van der Waals surface area contributed by atoms with Gasteiger partial charge in [0.05, 0.1) is 6.61 Å². The van der Waals surface area contributed by atoms with Crippen LogP contribution in [0.4, 0.5) is 0 Å². The first-order valence-corrected chi connectivity index (χ1v) is 9.31. The fourth-order valence-electron chi connectivity index (χ4n) is 2.86. The van der Waals surface area contributed by atoms with E-state index in [1.165, 1.54) is 6.92 Å². The molecule has 0 fully saturated rings. The summed E-state index contributed by atoms with van der Waals surface area (Å²) >= 11 is 0. The van der Waals surface area contributed by atoms with Gasteiger partial charge in [0.15, 0.2) is 0 Å². The van der Waals surface area contributed by atoms with Gasteiger partial charge < -0.3 is 15.4 Å². The van der Waals surface area contributed by atoms with Gasteiger partial charge in [-0.2, -0.15) is 0 Å². The predicted molar refractivity (Wildman–Crippen MR) is 106 cm³/mol. The fraction of sp³-hybridized carbons (Fsp3) is 0.318. The number of esters is 1. The van der Waals surface area contributed by atoms with E-state index in [0.717, 1.165) is 11.1 Å². The zero-order valence-corrected chi connectivity index (χ0v) is 16.2. The van der Waals surface area contributed by atoms with Crippen LogP contribution in [0, 0.1) is 0 Å². The second-order valence-corrected chi connectivity index (χ2v) is 6.45. The molecule has 0 spiro atoms. The number of carbonyl (C=O) groups is 3. The molecule has 0 aromatic heterocycles. The topological polar surface area (TPSA) is 84.5 Å². The summed E-state index contributed by atoms with van der Waals surface area (Å²) in [6.45, 7) is 3.30. The van der Waals surface area contributed by atoms with Gasteiger partial charge in [0.2, 0.25) is 11.8 Å². The number of hydrogen-bond acceptors (Lipinski definition) is 4. The lowest BCUT2D eigenvalue weighted by Gasteiger charge is -2.22. The Bertz CT molecular complexity index is 778. The van der Waals surface area contributed by atoms with Crippen LogP contribution >= 0.6 is 0 Å². The highest BCUT2D eigenvalue weighted by atomic mass is 16.5. The van der Waals surface area contributed by atoms with Crippen LogP contribution in [0.5, 0.6) is 0 Å². The van der Waals surface area contributed by atoms with Gasteiger partial charge in [-0.1, -0.05) is 60.7 Å². The zero-order valence-electron chi connectivity index (χ0n) is 16.2. The van der Waals surface area contributed by atoms with E-state index >= 15 is 0 Å². The summed E-state index contributed by atoms with van der Waals surface area (Å²) in [5, 5.41) is 5.41. The van der Waals surface area contributed by atoms with E-state index in [9.17, 15) is 14.4 Å². The summed E-state index contributed by atoms with van der Waals surface area (Å²) in [6.07, 6.45) is 0.636. The Hall–Kier alpha value is -3.15. The average molecular weight is 382 g/mol. The van der Waals surface area contributed by atoms with Crippen molar-refractivity contribution in [1.82, 2.24) is 10.6 Å². The van der Waals surface area contributed by atoms with Gasteiger partial charge in [-0.25, -0.2) is 4.79 Å². The molecule has 0 bridgehead atoms. The smallest absolute Gasteiger partial charge is 0.328 e. The van der Waals surface area contributed by atoms with Gasteiger partial charge in [0, 0.05) is 19.8 Å². The van der Waals surface area contributed by atoms with Crippen LogP contribution in [0.3, 0.4) is 0 Å². The molecular formula is C22H26N2O4. The zero-order chi connectivity index (χ0) is 20.4. The van der Waals surface area contributed by atoms with Crippen LogP contribution in [-0.2, 0) is 32.0 Å². The second-order valence-electron chi connectivity index (χ2n) is 6.45. The van der Waals surface area contributed by atoms with Gasteiger partial charge in [-0.05, 0) is 18.1 Å². The van der Waals surface area contributed by atoms with Crippen molar-refractivity contribution in [2.75, 3.05) is 6.61 Å². The maximum atomic E-state index is 12.9. The molecule has 0 aliphatic carbocycles. The monoisotopic (exact) mass is 382 g/mol. The van der Waals surface area contributed by atoms with Crippen LogP contribution < -0.4 is 10.6 Å². The molecule has 6 nitrogen and oxygen atoms in total. The lowest BCUT2D eigenvalue weighted by atomic mass is 10.0. The summed E-state index contributed by atoms with van der Waals surface area (Å²) in [5.74, 6) is -1.24. The molecule has 0 aliphatic heterocycles. The van der Waals surface area contributed by atoms with Crippen LogP contribution in [0.2, 0.25) is 0 Å². The third kappa shape index (κ3) is 6.87. The fourth-order valence-corrected chi connectivity index (χ4v) is 2.86. The maximum absolute atomic E-state index is 12.9. The van der Waals surface area contributed by atoms with Crippen LogP contribution in [-0.4, -0.2) is 36.5 Å². The molecular weight excluding hydrogens is 356 g/mol. The van der Waals surface area contributed by atoms with E-state index in [-0.39, 0.29) is 12.5 Å². The van der Waals surface area contributed by atoms with E-state index in [4.69, 9.17) is 4.74 Å². The number of amides is 2. The third-order valence-corrected chi connectivity index (χ3v) is 4.15. The molecule has 6 heteroatoms. The molecule has 2 aromatic rings. The molecule has 2 N–H and O–H groups in total. The molecule has 0 saturated heterocycles. The molecule has 2 amide bonds. The van der Waals surface area contributed by atoms with Crippen molar-refractivity contribution in [2.45, 2.75) is 38.8 Å². The molecule has 0 heterocycles. The first kappa shape index (κ1) is 21.2. The van der Waals surface area contributed by atoms with E-state index in [1.54, 1.807) is 6.92 Å². The van der Waals surface area contributed by atoms with Crippen molar-refractivity contribution in [2.24, 2.45) is 0 Å². The highest BCUT2D eigenvalue weighted by Crippen LogP contribution is 2.08. The van der Waals surface area contributed by atoms with E-state index < -0.39 is 24.0 Å². The second kappa shape index (κ2) is 10.9. The molecule has 0 aliphatic rings. The van der Waals surface area contributed by atoms with Crippen molar-refractivity contribution >= 4 is 17.8 Å². The van der Waals surface area contributed by atoms with E-state index in [2.05, 4.69) is 10.6 Å². The number of hydrogen-bond donors (Lipinski definition) is 2. The Labute approximate surface area is 165 Å². The minimum absolute atomic E-state index is 0.221. The molecule has 2 atom stereocenters. The molecule has 0 saturated carbocycles. The van der Waals surface area contributed by atoms with Crippen LogP contribution in [0.25, 0.3) is 0 Å². The number of carbonyl (C=O) groups excluding carboxylic acids is 3. The molecule has 2 aromatic carbocycles. The summed E-state index contributed by atoms with van der Waals surface area (Å²) < 4.78 is 5.12. The summed E-state index contributed by atoms with van der Waals surface area (Å²) in [7, 11) is 0. The van der Waals surface area contributed by atoms with Crippen molar-refractivity contribution in [3.8, 4) is 0 Å². The maximum Gasteiger partial charge on any atom is 0.328 e. The number of benzene rings is 2. The normalized spacial score (nSPS) is 12.5. The lowest BCUT2D eigenvalue weighted by molar-refractivity contribution is -0.147. The molecule has 148 valence electrons. The minimum atomic E-state index is -0.832.